The molecule has 0 fully saturated rings. The molecule has 4 rings (SSSR count). The Kier molecular flexibility index (Phi) is 4.92. The summed E-state index contributed by atoms with van der Waals surface area (Å²) in [7, 11) is 1.96. The smallest absolute Gasteiger partial charge is 0.252 e. The molecule has 5 nitrogen and oxygen atoms in total. The predicted octanol–water partition coefficient (Wildman–Crippen LogP) is 3.68. The highest BCUT2D eigenvalue weighted by Crippen LogP contribution is 2.31. The van der Waals surface area contributed by atoms with Gasteiger partial charge in [0.25, 0.3) is 5.91 Å². The number of aromatic nitrogens is 3. The zero-order valence-electron chi connectivity index (χ0n) is 17.2. The van der Waals surface area contributed by atoms with Gasteiger partial charge < -0.3 is 5.32 Å². The summed E-state index contributed by atoms with van der Waals surface area (Å²) in [6.07, 6.45) is 3.81. The molecule has 5 heteroatoms. The standard InChI is InChI=1S/C23H28N4O/c1-14-9-10-21-19(13-14)22(18-7-5-6-8-20(18)25-21)23(28)24-12-11-17-15(2)26-27(4)16(17)3/h5-8,14H,9-13H2,1-4H3,(H,24,28)/t14-/m0/s1. The van der Waals surface area contributed by atoms with Gasteiger partial charge in [-0.1, -0.05) is 25.1 Å². The lowest BCUT2D eigenvalue weighted by Gasteiger charge is -2.24. The normalized spacial score (nSPS) is 16.2. The molecule has 1 amide bonds. The Morgan fingerprint density at radius 3 is 2.82 bits per heavy atom. The van der Waals surface area contributed by atoms with Gasteiger partial charge in [0, 0.05) is 30.4 Å². The quantitative estimate of drug-likeness (QED) is 0.756. The summed E-state index contributed by atoms with van der Waals surface area (Å²) in [4.78, 5) is 18.1. The monoisotopic (exact) mass is 376 g/mol. The van der Waals surface area contributed by atoms with Gasteiger partial charge in [0.05, 0.1) is 16.8 Å². The number of hydrogen-bond donors (Lipinski definition) is 1. The number of carbonyl (C=O) groups is 1. The van der Waals surface area contributed by atoms with E-state index in [4.69, 9.17) is 4.98 Å². The van der Waals surface area contributed by atoms with Crippen molar-refractivity contribution < 1.29 is 4.79 Å². The second-order valence-corrected chi connectivity index (χ2v) is 8.06. The molecule has 1 aliphatic carbocycles. The highest BCUT2D eigenvalue weighted by Gasteiger charge is 2.25. The molecule has 3 aromatic rings. The lowest BCUT2D eigenvalue weighted by molar-refractivity contribution is 0.0954. The second kappa shape index (κ2) is 7.38. The second-order valence-electron chi connectivity index (χ2n) is 8.06. The van der Waals surface area contributed by atoms with Crippen molar-refractivity contribution in [2.45, 2.75) is 46.5 Å². The van der Waals surface area contributed by atoms with Crippen LogP contribution in [0, 0.1) is 19.8 Å². The molecule has 0 aliphatic heterocycles. The van der Waals surface area contributed by atoms with E-state index in [2.05, 4.69) is 24.3 Å². The van der Waals surface area contributed by atoms with Crippen molar-refractivity contribution in [2.75, 3.05) is 6.54 Å². The van der Waals surface area contributed by atoms with E-state index >= 15 is 0 Å². The molecular formula is C23H28N4O. The van der Waals surface area contributed by atoms with E-state index in [1.807, 2.05) is 42.9 Å². The van der Waals surface area contributed by atoms with Crippen LogP contribution in [0.15, 0.2) is 24.3 Å². The van der Waals surface area contributed by atoms with Crippen molar-refractivity contribution in [3.63, 3.8) is 0 Å². The third-order valence-electron chi connectivity index (χ3n) is 6.05. The number of nitrogens with zero attached hydrogens (tertiary/aromatic N) is 3. The lowest BCUT2D eigenvalue weighted by Crippen LogP contribution is -2.29. The van der Waals surface area contributed by atoms with Gasteiger partial charge in [-0.25, -0.2) is 0 Å². The van der Waals surface area contributed by atoms with E-state index in [0.717, 1.165) is 64.8 Å². The van der Waals surface area contributed by atoms with E-state index in [9.17, 15) is 4.79 Å². The summed E-state index contributed by atoms with van der Waals surface area (Å²) < 4.78 is 1.90. The van der Waals surface area contributed by atoms with Crippen LogP contribution in [0.1, 0.15) is 51.9 Å². The number of benzene rings is 1. The number of aryl methyl sites for hydroxylation is 3. The van der Waals surface area contributed by atoms with E-state index in [-0.39, 0.29) is 5.91 Å². The van der Waals surface area contributed by atoms with Crippen molar-refractivity contribution in [3.8, 4) is 0 Å². The lowest BCUT2D eigenvalue weighted by atomic mass is 9.84. The topological polar surface area (TPSA) is 59.8 Å². The summed E-state index contributed by atoms with van der Waals surface area (Å²) in [6, 6.07) is 8.00. The Morgan fingerprint density at radius 1 is 1.29 bits per heavy atom. The van der Waals surface area contributed by atoms with Gasteiger partial charge in [0.1, 0.15) is 0 Å². The number of para-hydroxylation sites is 1. The number of carbonyl (C=O) groups excluding carboxylic acids is 1. The number of amides is 1. The molecule has 0 spiro atoms. The molecule has 2 heterocycles. The molecule has 1 aromatic carbocycles. The average Bonchev–Trinajstić information content (AvgIpc) is 2.92. The van der Waals surface area contributed by atoms with E-state index in [1.165, 1.54) is 5.56 Å². The summed E-state index contributed by atoms with van der Waals surface area (Å²) in [5.41, 5.74) is 7.40. The molecular weight excluding hydrogens is 348 g/mol. The van der Waals surface area contributed by atoms with Crippen LogP contribution in [-0.4, -0.2) is 27.2 Å². The molecule has 0 saturated heterocycles. The number of fused-ring (bicyclic) bond motifs is 2. The summed E-state index contributed by atoms with van der Waals surface area (Å²) in [5, 5.41) is 8.59. The maximum Gasteiger partial charge on any atom is 0.252 e. The van der Waals surface area contributed by atoms with Crippen LogP contribution in [0.5, 0.6) is 0 Å². The van der Waals surface area contributed by atoms with Crippen LogP contribution in [0.25, 0.3) is 10.9 Å². The Bertz CT molecular complexity index is 1050. The first-order valence-corrected chi connectivity index (χ1v) is 10.1. The first kappa shape index (κ1) is 18.7. The Labute approximate surface area is 166 Å². The Balaban J connectivity index is 1.62. The maximum absolute atomic E-state index is 13.2. The maximum atomic E-state index is 13.2. The van der Waals surface area contributed by atoms with Gasteiger partial charge in [-0.2, -0.15) is 5.10 Å². The molecule has 0 saturated carbocycles. The van der Waals surface area contributed by atoms with Gasteiger partial charge in [0.2, 0.25) is 0 Å². The Hall–Kier alpha value is -2.69. The van der Waals surface area contributed by atoms with Gasteiger partial charge in [0.15, 0.2) is 0 Å². The first-order valence-electron chi connectivity index (χ1n) is 10.1. The predicted molar refractivity (Wildman–Crippen MR) is 112 cm³/mol. The third kappa shape index (κ3) is 3.30. The van der Waals surface area contributed by atoms with Crippen LogP contribution in [0.4, 0.5) is 0 Å². The van der Waals surface area contributed by atoms with Gasteiger partial charge >= 0.3 is 0 Å². The SMILES string of the molecule is Cc1nn(C)c(C)c1CCNC(=O)c1c2c(nc3ccccc13)CC[C@H](C)C2. The van der Waals surface area contributed by atoms with Crippen molar-refractivity contribution >= 4 is 16.8 Å². The van der Waals surface area contributed by atoms with Gasteiger partial charge in [-0.3, -0.25) is 14.5 Å². The van der Waals surface area contributed by atoms with Crippen molar-refractivity contribution in [1.82, 2.24) is 20.1 Å². The van der Waals surface area contributed by atoms with Crippen LogP contribution in [-0.2, 0) is 26.3 Å². The largest absolute Gasteiger partial charge is 0.352 e. The van der Waals surface area contributed by atoms with E-state index < -0.39 is 0 Å². The number of pyridine rings is 1. The van der Waals surface area contributed by atoms with Crippen LogP contribution in [0.2, 0.25) is 0 Å². The van der Waals surface area contributed by atoms with Crippen LogP contribution in [0.3, 0.4) is 0 Å². The van der Waals surface area contributed by atoms with E-state index in [0.29, 0.717) is 12.5 Å². The molecule has 0 bridgehead atoms. The van der Waals surface area contributed by atoms with E-state index in [1.54, 1.807) is 0 Å². The fourth-order valence-corrected chi connectivity index (χ4v) is 4.39. The summed E-state index contributed by atoms with van der Waals surface area (Å²) >= 11 is 0. The average molecular weight is 377 g/mol. The third-order valence-corrected chi connectivity index (χ3v) is 6.05. The Morgan fingerprint density at radius 2 is 2.07 bits per heavy atom. The minimum absolute atomic E-state index is 0.0168. The molecule has 1 atom stereocenters. The molecule has 0 unspecified atom stereocenters. The number of nitrogens with one attached hydrogen (secondary N) is 1. The minimum atomic E-state index is 0.0168. The highest BCUT2D eigenvalue weighted by atomic mass is 16.1. The van der Waals surface area contributed by atoms with Crippen molar-refractivity contribution in [3.05, 3.63) is 58.0 Å². The van der Waals surface area contributed by atoms with Gasteiger partial charge in [-0.15, -0.1) is 0 Å². The molecule has 0 radical (unpaired) electrons. The number of hydrogen-bond acceptors (Lipinski definition) is 3. The summed E-state index contributed by atoms with van der Waals surface area (Å²) in [5.74, 6) is 0.603. The molecule has 28 heavy (non-hydrogen) atoms. The van der Waals surface area contributed by atoms with Crippen molar-refractivity contribution in [2.24, 2.45) is 13.0 Å². The minimum Gasteiger partial charge on any atom is -0.352 e. The molecule has 2 aromatic heterocycles. The molecule has 1 aliphatic rings. The summed E-state index contributed by atoms with van der Waals surface area (Å²) in [6.45, 7) is 6.96. The zero-order valence-corrected chi connectivity index (χ0v) is 17.2. The number of rotatable bonds is 4. The molecule has 1 N–H and O–H groups in total. The fourth-order valence-electron chi connectivity index (χ4n) is 4.39. The van der Waals surface area contributed by atoms with Crippen molar-refractivity contribution in [1.29, 1.82) is 0 Å². The first-order chi connectivity index (χ1) is 13.5. The molecule has 146 valence electrons. The van der Waals surface area contributed by atoms with Crippen LogP contribution >= 0.6 is 0 Å². The fraction of sp³-hybridized carbons (Fsp3) is 0.435. The van der Waals surface area contributed by atoms with Gasteiger partial charge in [-0.05, 0) is 62.6 Å². The highest BCUT2D eigenvalue weighted by molar-refractivity contribution is 6.07. The van der Waals surface area contributed by atoms with Crippen LogP contribution < -0.4 is 5.32 Å². The zero-order chi connectivity index (χ0) is 19.8.